The van der Waals surface area contributed by atoms with Crippen LogP contribution in [0, 0.1) is 0 Å². The van der Waals surface area contributed by atoms with Crippen molar-refractivity contribution in [2.24, 2.45) is 0 Å². The first-order valence-corrected chi connectivity index (χ1v) is 8.29. The lowest BCUT2D eigenvalue weighted by Gasteiger charge is -2.12. The zero-order chi connectivity index (χ0) is 15.5. The Morgan fingerprint density at radius 1 is 1.14 bits per heavy atom. The second-order valence-corrected chi connectivity index (χ2v) is 6.71. The Hall–Kier alpha value is -2.25. The Morgan fingerprint density at radius 2 is 1.91 bits per heavy atom. The summed E-state index contributed by atoms with van der Waals surface area (Å²) in [5.41, 5.74) is 1.64. The van der Waals surface area contributed by atoms with Gasteiger partial charge in [-0.1, -0.05) is 17.4 Å². The summed E-state index contributed by atoms with van der Waals surface area (Å²) in [5.74, 6) is -0.181. The lowest BCUT2D eigenvalue weighted by atomic mass is 10.2. The minimum Gasteiger partial charge on any atom is -0.378 e. The van der Waals surface area contributed by atoms with Gasteiger partial charge in [0, 0.05) is 25.3 Å². The van der Waals surface area contributed by atoms with Crippen LogP contribution < -0.4 is 10.2 Å². The van der Waals surface area contributed by atoms with Gasteiger partial charge in [-0.2, -0.15) is 0 Å². The number of benzene rings is 1. The molecule has 7 heteroatoms. The van der Waals surface area contributed by atoms with E-state index < -0.39 is 0 Å². The van der Waals surface area contributed by atoms with Crippen molar-refractivity contribution in [3.63, 3.8) is 0 Å². The molecule has 0 aliphatic rings. The summed E-state index contributed by atoms with van der Waals surface area (Å²) >= 11 is 2.97. The fourth-order valence-corrected chi connectivity index (χ4v) is 3.38. The topological polar surface area (TPSA) is 58.1 Å². The van der Waals surface area contributed by atoms with Crippen molar-refractivity contribution >= 4 is 39.4 Å². The van der Waals surface area contributed by atoms with E-state index in [0.29, 0.717) is 10.7 Å². The van der Waals surface area contributed by atoms with Crippen LogP contribution in [-0.2, 0) is 0 Å². The van der Waals surface area contributed by atoms with E-state index in [-0.39, 0.29) is 5.91 Å². The van der Waals surface area contributed by atoms with Gasteiger partial charge in [0.1, 0.15) is 0 Å². The maximum absolute atomic E-state index is 12.2. The SMILES string of the molecule is CN(C)c1ccc(C(=O)Nc2nnc(-c3cccs3)s2)cc1. The lowest BCUT2D eigenvalue weighted by molar-refractivity contribution is 0.102. The fraction of sp³-hybridized carbons (Fsp3) is 0.133. The van der Waals surface area contributed by atoms with Gasteiger partial charge < -0.3 is 4.90 Å². The highest BCUT2D eigenvalue weighted by Gasteiger charge is 2.11. The van der Waals surface area contributed by atoms with E-state index in [4.69, 9.17) is 0 Å². The molecule has 0 atom stereocenters. The van der Waals surface area contributed by atoms with Gasteiger partial charge in [0.05, 0.1) is 4.88 Å². The van der Waals surface area contributed by atoms with Crippen molar-refractivity contribution in [3.8, 4) is 9.88 Å². The van der Waals surface area contributed by atoms with E-state index in [0.717, 1.165) is 15.6 Å². The van der Waals surface area contributed by atoms with Crippen LogP contribution in [-0.4, -0.2) is 30.2 Å². The molecule has 3 rings (SSSR count). The predicted molar refractivity (Wildman–Crippen MR) is 91.9 cm³/mol. The Morgan fingerprint density at radius 3 is 2.55 bits per heavy atom. The van der Waals surface area contributed by atoms with Gasteiger partial charge in [-0.05, 0) is 35.7 Å². The Kier molecular flexibility index (Phi) is 4.17. The first-order chi connectivity index (χ1) is 10.6. The molecule has 0 unspecified atom stereocenters. The number of hydrogen-bond acceptors (Lipinski definition) is 6. The molecule has 0 saturated heterocycles. The van der Waals surface area contributed by atoms with Crippen LogP contribution in [0.15, 0.2) is 41.8 Å². The molecule has 3 aromatic rings. The fourth-order valence-electron chi connectivity index (χ4n) is 1.85. The monoisotopic (exact) mass is 330 g/mol. The minimum absolute atomic E-state index is 0.181. The second kappa shape index (κ2) is 6.25. The largest absolute Gasteiger partial charge is 0.378 e. The van der Waals surface area contributed by atoms with Gasteiger partial charge in [0.2, 0.25) is 5.13 Å². The van der Waals surface area contributed by atoms with Gasteiger partial charge >= 0.3 is 0 Å². The number of nitrogens with one attached hydrogen (secondary N) is 1. The molecule has 1 amide bonds. The summed E-state index contributed by atoms with van der Waals surface area (Å²) in [4.78, 5) is 15.2. The van der Waals surface area contributed by atoms with Crippen LogP contribution in [0.3, 0.4) is 0 Å². The molecule has 0 saturated carbocycles. The van der Waals surface area contributed by atoms with E-state index in [1.165, 1.54) is 11.3 Å². The Bertz CT molecular complexity index is 763. The van der Waals surface area contributed by atoms with E-state index in [1.807, 2.05) is 48.6 Å². The number of carbonyl (C=O) groups excluding carboxylic acids is 1. The first kappa shape index (κ1) is 14.7. The minimum atomic E-state index is -0.181. The summed E-state index contributed by atoms with van der Waals surface area (Å²) in [7, 11) is 3.92. The van der Waals surface area contributed by atoms with E-state index in [1.54, 1.807) is 23.5 Å². The highest BCUT2D eigenvalue weighted by Crippen LogP contribution is 2.29. The van der Waals surface area contributed by atoms with E-state index in [2.05, 4.69) is 15.5 Å². The number of anilines is 2. The van der Waals surface area contributed by atoms with Crippen molar-refractivity contribution in [1.82, 2.24) is 10.2 Å². The predicted octanol–water partition coefficient (Wildman–Crippen LogP) is 3.58. The Labute approximate surface area is 136 Å². The molecule has 5 nitrogen and oxygen atoms in total. The zero-order valence-corrected chi connectivity index (χ0v) is 13.7. The highest BCUT2D eigenvalue weighted by molar-refractivity contribution is 7.23. The molecular weight excluding hydrogens is 316 g/mol. The number of hydrogen-bond donors (Lipinski definition) is 1. The average molecular weight is 330 g/mol. The molecular formula is C15H14N4OS2. The number of aromatic nitrogens is 2. The summed E-state index contributed by atoms with van der Waals surface area (Å²) < 4.78 is 0. The zero-order valence-electron chi connectivity index (χ0n) is 12.1. The summed E-state index contributed by atoms with van der Waals surface area (Å²) in [6.45, 7) is 0. The summed E-state index contributed by atoms with van der Waals surface area (Å²) in [6.07, 6.45) is 0. The molecule has 112 valence electrons. The van der Waals surface area contributed by atoms with E-state index in [9.17, 15) is 4.79 Å². The molecule has 0 bridgehead atoms. The normalized spacial score (nSPS) is 10.5. The lowest BCUT2D eigenvalue weighted by Crippen LogP contribution is -2.13. The third-order valence-corrected chi connectivity index (χ3v) is 4.90. The van der Waals surface area contributed by atoms with Crippen molar-refractivity contribution in [3.05, 3.63) is 47.3 Å². The second-order valence-electron chi connectivity index (χ2n) is 4.79. The Balaban J connectivity index is 1.71. The molecule has 0 aliphatic heterocycles. The molecule has 2 heterocycles. The molecule has 1 N–H and O–H groups in total. The van der Waals surface area contributed by atoms with Crippen LogP contribution in [0.2, 0.25) is 0 Å². The van der Waals surface area contributed by atoms with Gasteiger partial charge in [0.15, 0.2) is 5.01 Å². The highest BCUT2D eigenvalue weighted by atomic mass is 32.1. The van der Waals surface area contributed by atoms with Gasteiger partial charge in [-0.15, -0.1) is 21.5 Å². The maximum atomic E-state index is 12.2. The number of amides is 1. The van der Waals surface area contributed by atoms with Gasteiger partial charge in [-0.25, -0.2) is 0 Å². The molecule has 0 spiro atoms. The van der Waals surface area contributed by atoms with Gasteiger partial charge in [-0.3, -0.25) is 10.1 Å². The molecule has 22 heavy (non-hydrogen) atoms. The van der Waals surface area contributed by atoms with Crippen molar-refractivity contribution in [1.29, 1.82) is 0 Å². The third kappa shape index (κ3) is 3.15. The first-order valence-electron chi connectivity index (χ1n) is 6.59. The number of rotatable bonds is 4. The summed E-state index contributed by atoms with van der Waals surface area (Å²) in [6, 6.07) is 11.4. The van der Waals surface area contributed by atoms with Gasteiger partial charge in [0.25, 0.3) is 5.91 Å². The number of nitrogens with zero attached hydrogens (tertiary/aromatic N) is 3. The third-order valence-electron chi connectivity index (χ3n) is 3.02. The summed E-state index contributed by atoms with van der Waals surface area (Å²) in [5, 5.41) is 14.2. The van der Waals surface area contributed by atoms with Crippen molar-refractivity contribution in [2.45, 2.75) is 0 Å². The quantitative estimate of drug-likeness (QED) is 0.794. The number of carbonyl (C=O) groups is 1. The van der Waals surface area contributed by atoms with Crippen LogP contribution in [0.4, 0.5) is 10.8 Å². The maximum Gasteiger partial charge on any atom is 0.257 e. The van der Waals surface area contributed by atoms with E-state index >= 15 is 0 Å². The van der Waals surface area contributed by atoms with Crippen molar-refractivity contribution < 1.29 is 4.79 Å². The van der Waals surface area contributed by atoms with Crippen LogP contribution >= 0.6 is 22.7 Å². The average Bonchev–Trinajstić information content (AvgIpc) is 3.18. The van der Waals surface area contributed by atoms with Crippen LogP contribution in [0.1, 0.15) is 10.4 Å². The molecule has 0 aliphatic carbocycles. The number of thiophene rings is 1. The van der Waals surface area contributed by atoms with Crippen LogP contribution in [0.25, 0.3) is 9.88 Å². The van der Waals surface area contributed by atoms with Crippen molar-refractivity contribution in [2.75, 3.05) is 24.3 Å². The van der Waals surface area contributed by atoms with Crippen LogP contribution in [0.5, 0.6) is 0 Å². The smallest absolute Gasteiger partial charge is 0.257 e. The molecule has 0 fully saturated rings. The molecule has 0 radical (unpaired) electrons. The molecule has 1 aromatic carbocycles. The standard InChI is InChI=1S/C15H14N4OS2/c1-19(2)11-7-5-10(6-8-11)13(20)16-15-18-17-14(22-15)12-4-3-9-21-12/h3-9H,1-2H3,(H,16,18,20). The molecule has 2 aromatic heterocycles.